The fraction of sp³-hybridized carbons (Fsp3) is 0.174. The lowest BCUT2D eigenvalue weighted by molar-refractivity contribution is -0.132. The quantitative estimate of drug-likeness (QED) is 0.499. The Bertz CT molecular complexity index is 1190. The molecule has 2 amide bonds. The number of anilines is 1. The number of likely N-dealkylation sites (N-methyl/N-ethyl adjacent to an activating group) is 1. The molecule has 0 spiro atoms. The number of nitrogens with zero attached hydrogens (tertiary/aromatic N) is 2. The van der Waals surface area contributed by atoms with Crippen molar-refractivity contribution >= 4 is 39.6 Å². The Labute approximate surface area is 178 Å². The predicted octanol–water partition coefficient (Wildman–Crippen LogP) is 4.50. The molecule has 0 bridgehead atoms. The monoisotopic (exact) mass is 419 g/mol. The van der Waals surface area contributed by atoms with Crippen molar-refractivity contribution in [3.8, 4) is 10.8 Å². The van der Waals surface area contributed by atoms with E-state index < -0.39 is 0 Å². The molecule has 0 saturated heterocycles. The highest BCUT2D eigenvalue weighted by Crippen LogP contribution is 2.26. The molecule has 7 heteroatoms. The van der Waals surface area contributed by atoms with Crippen molar-refractivity contribution in [1.29, 1.82) is 0 Å². The molecule has 1 N–H and O–H groups in total. The molecule has 0 atom stereocenters. The molecular formula is C23H21N3O3S. The van der Waals surface area contributed by atoms with E-state index in [1.54, 1.807) is 14.0 Å². The van der Waals surface area contributed by atoms with Crippen LogP contribution in [-0.2, 0) is 16.0 Å². The van der Waals surface area contributed by atoms with Crippen LogP contribution in [0.3, 0.4) is 0 Å². The number of hydrogen-bond donors (Lipinski definition) is 1. The van der Waals surface area contributed by atoms with Crippen LogP contribution in [0.25, 0.3) is 21.5 Å². The third-order valence-corrected chi connectivity index (χ3v) is 5.67. The summed E-state index contributed by atoms with van der Waals surface area (Å²) in [7, 11) is 1.61. The van der Waals surface area contributed by atoms with Gasteiger partial charge in [0.25, 0.3) is 0 Å². The lowest BCUT2D eigenvalue weighted by Gasteiger charge is -2.17. The molecule has 0 aliphatic heterocycles. The third-order valence-electron chi connectivity index (χ3n) is 4.81. The van der Waals surface area contributed by atoms with Crippen LogP contribution >= 0.6 is 11.3 Å². The maximum atomic E-state index is 12.6. The Balaban J connectivity index is 1.39. The molecular weight excluding hydrogens is 398 g/mol. The predicted molar refractivity (Wildman–Crippen MR) is 118 cm³/mol. The van der Waals surface area contributed by atoms with Gasteiger partial charge in [-0.15, -0.1) is 11.3 Å². The summed E-state index contributed by atoms with van der Waals surface area (Å²) in [5.74, 6) is 0.678. The van der Waals surface area contributed by atoms with Gasteiger partial charge in [-0.2, -0.15) is 0 Å². The number of aromatic nitrogens is 1. The van der Waals surface area contributed by atoms with Crippen LogP contribution in [0.5, 0.6) is 0 Å². The summed E-state index contributed by atoms with van der Waals surface area (Å²) < 4.78 is 5.69. The van der Waals surface area contributed by atoms with Crippen molar-refractivity contribution in [1.82, 2.24) is 9.88 Å². The standard InChI is InChI=1S/C23H21N3O3S/c1-15-19(25-23(29-15)20-11-6-12-30-20)13-22(28)26(2)14-21(27)24-18-10-5-8-16-7-3-4-9-17(16)18/h3-12H,13-14H2,1-2H3,(H,24,27). The zero-order valence-electron chi connectivity index (χ0n) is 16.7. The molecule has 0 aliphatic rings. The fourth-order valence-electron chi connectivity index (χ4n) is 3.20. The van der Waals surface area contributed by atoms with Crippen molar-refractivity contribution in [3.63, 3.8) is 0 Å². The number of carbonyl (C=O) groups excluding carboxylic acids is 2. The number of rotatable bonds is 6. The number of oxazole rings is 1. The van der Waals surface area contributed by atoms with Gasteiger partial charge in [0.15, 0.2) is 0 Å². The van der Waals surface area contributed by atoms with E-state index in [-0.39, 0.29) is 24.8 Å². The first-order valence-electron chi connectivity index (χ1n) is 9.53. The van der Waals surface area contributed by atoms with Gasteiger partial charge in [0, 0.05) is 18.1 Å². The van der Waals surface area contributed by atoms with Gasteiger partial charge in [0.1, 0.15) is 5.76 Å². The minimum absolute atomic E-state index is 0.0449. The van der Waals surface area contributed by atoms with Gasteiger partial charge < -0.3 is 14.6 Å². The molecule has 0 aliphatic carbocycles. The van der Waals surface area contributed by atoms with Crippen LogP contribution in [0.15, 0.2) is 64.4 Å². The van der Waals surface area contributed by atoms with Gasteiger partial charge in [-0.25, -0.2) is 4.98 Å². The Hall–Kier alpha value is -3.45. The second-order valence-electron chi connectivity index (χ2n) is 7.00. The van der Waals surface area contributed by atoms with Crippen molar-refractivity contribution < 1.29 is 14.0 Å². The lowest BCUT2D eigenvalue weighted by atomic mass is 10.1. The van der Waals surface area contributed by atoms with Gasteiger partial charge in [-0.05, 0) is 29.8 Å². The second kappa shape index (κ2) is 8.51. The van der Waals surface area contributed by atoms with E-state index in [0.29, 0.717) is 17.3 Å². The van der Waals surface area contributed by atoms with Crippen LogP contribution in [-0.4, -0.2) is 35.3 Å². The molecule has 4 rings (SSSR count). The smallest absolute Gasteiger partial charge is 0.244 e. The number of benzene rings is 2. The minimum atomic E-state index is -0.252. The molecule has 2 aromatic carbocycles. The topological polar surface area (TPSA) is 75.4 Å². The fourth-order valence-corrected chi connectivity index (χ4v) is 3.85. The van der Waals surface area contributed by atoms with E-state index in [0.717, 1.165) is 21.3 Å². The maximum absolute atomic E-state index is 12.6. The number of aryl methyl sites for hydroxylation is 1. The first-order valence-corrected chi connectivity index (χ1v) is 10.4. The Morgan fingerprint density at radius 1 is 1.10 bits per heavy atom. The summed E-state index contributed by atoms with van der Waals surface area (Å²) in [6.07, 6.45) is 0.0821. The number of nitrogens with one attached hydrogen (secondary N) is 1. The van der Waals surface area contributed by atoms with Crippen LogP contribution in [0.4, 0.5) is 5.69 Å². The normalized spacial score (nSPS) is 10.9. The zero-order chi connectivity index (χ0) is 21.1. The summed E-state index contributed by atoms with van der Waals surface area (Å²) in [5, 5.41) is 6.85. The van der Waals surface area contributed by atoms with Gasteiger partial charge >= 0.3 is 0 Å². The molecule has 0 fully saturated rings. The minimum Gasteiger partial charge on any atom is -0.440 e. The van der Waals surface area contributed by atoms with E-state index >= 15 is 0 Å². The van der Waals surface area contributed by atoms with Crippen molar-refractivity contribution in [3.05, 3.63) is 71.4 Å². The summed E-state index contributed by atoms with van der Waals surface area (Å²) in [6.45, 7) is 1.75. The Kier molecular flexibility index (Phi) is 5.63. The van der Waals surface area contributed by atoms with Crippen LogP contribution in [0.2, 0.25) is 0 Å². The largest absolute Gasteiger partial charge is 0.440 e. The number of thiophene rings is 1. The van der Waals surface area contributed by atoms with Crippen molar-refractivity contribution in [2.75, 3.05) is 18.9 Å². The van der Waals surface area contributed by atoms with Gasteiger partial charge in [0.2, 0.25) is 17.7 Å². The number of amides is 2. The van der Waals surface area contributed by atoms with Crippen LogP contribution in [0.1, 0.15) is 11.5 Å². The molecule has 4 aromatic rings. The van der Waals surface area contributed by atoms with E-state index in [2.05, 4.69) is 10.3 Å². The van der Waals surface area contributed by atoms with Crippen molar-refractivity contribution in [2.45, 2.75) is 13.3 Å². The molecule has 0 saturated carbocycles. The summed E-state index contributed by atoms with van der Waals surface area (Å²) in [4.78, 5) is 31.9. The highest BCUT2D eigenvalue weighted by atomic mass is 32.1. The summed E-state index contributed by atoms with van der Waals surface area (Å²) >= 11 is 1.53. The van der Waals surface area contributed by atoms with Crippen molar-refractivity contribution in [2.24, 2.45) is 0 Å². The lowest BCUT2D eigenvalue weighted by Crippen LogP contribution is -2.36. The highest BCUT2D eigenvalue weighted by molar-refractivity contribution is 7.13. The molecule has 6 nitrogen and oxygen atoms in total. The zero-order valence-corrected chi connectivity index (χ0v) is 17.5. The van der Waals surface area contributed by atoms with E-state index in [9.17, 15) is 9.59 Å². The molecule has 2 heterocycles. The average Bonchev–Trinajstić information content (AvgIpc) is 3.38. The second-order valence-corrected chi connectivity index (χ2v) is 7.95. The SMILES string of the molecule is Cc1oc(-c2cccs2)nc1CC(=O)N(C)CC(=O)Nc1cccc2ccccc12. The highest BCUT2D eigenvalue weighted by Gasteiger charge is 2.19. The maximum Gasteiger partial charge on any atom is 0.244 e. The Morgan fingerprint density at radius 3 is 2.70 bits per heavy atom. The van der Waals surface area contributed by atoms with Crippen LogP contribution < -0.4 is 5.32 Å². The molecule has 30 heavy (non-hydrogen) atoms. The Morgan fingerprint density at radius 2 is 1.90 bits per heavy atom. The number of hydrogen-bond acceptors (Lipinski definition) is 5. The van der Waals surface area contributed by atoms with Crippen LogP contribution in [0, 0.1) is 6.92 Å². The number of fused-ring (bicyclic) bond motifs is 1. The number of carbonyl (C=O) groups is 2. The molecule has 152 valence electrons. The summed E-state index contributed by atoms with van der Waals surface area (Å²) in [5.41, 5.74) is 1.32. The van der Waals surface area contributed by atoms with E-state index in [1.807, 2.05) is 60.0 Å². The van der Waals surface area contributed by atoms with Gasteiger partial charge in [-0.1, -0.05) is 42.5 Å². The van der Waals surface area contributed by atoms with Gasteiger partial charge in [-0.3, -0.25) is 9.59 Å². The van der Waals surface area contributed by atoms with E-state index in [1.165, 1.54) is 16.2 Å². The van der Waals surface area contributed by atoms with E-state index in [4.69, 9.17) is 4.42 Å². The molecule has 0 unspecified atom stereocenters. The van der Waals surface area contributed by atoms with Gasteiger partial charge in [0.05, 0.1) is 23.5 Å². The molecule has 0 radical (unpaired) electrons. The first kappa shape index (κ1) is 19.8. The third kappa shape index (κ3) is 4.26. The average molecular weight is 420 g/mol. The molecule has 2 aromatic heterocycles. The summed E-state index contributed by atoms with van der Waals surface area (Å²) in [6, 6.07) is 17.4. The first-order chi connectivity index (χ1) is 14.5.